The molecule has 9 heteroatoms. The van der Waals surface area contributed by atoms with Crippen molar-refractivity contribution >= 4 is 40.9 Å². The van der Waals surface area contributed by atoms with Crippen LogP contribution in [0.3, 0.4) is 0 Å². The highest BCUT2D eigenvalue weighted by molar-refractivity contribution is 7.99. The second kappa shape index (κ2) is 5.85. The average molecular weight is 336 g/mol. The largest absolute Gasteiger partial charge is 0.327 e. The molecule has 3 aromatic rings. The van der Waals surface area contributed by atoms with Gasteiger partial charge in [-0.2, -0.15) is 0 Å². The van der Waals surface area contributed by atoms with E-state index in [1.807, 2.05) is 0 Å². The van der Waals surface area contributed by atoms with Crippen molar-refractivity contribution in [3.63, 3.8) is 0 Å². The number of ketones is 1. The maximum atomic E-state index is 12.8. The molecule has 2 aromatic heterocycles. The number of carbonyl (C=O) groups is 1. The SMILES string of the molecule is O=C(CSc1nc2[nH]c(=S)[nH]c(=O)c2[nH]1)c1ccc(F)cc1. The lowest BCUT2D eigenvalue weighted by Crippen LogP contribution is -2.07. The molecule has 0 fully saturated rings. The summed E-state index contributed by atoms with van der Waals surface area (Å²) in [6, 6.07) is 5.33. The third kappa shape index (κ3) is 3.00. The number of Topliss-reactive ketones (excluding diaryl/α,β-unsaturated/α-hetero) is 1. The molecule has 3 N–H and O–H groups in total. The number of fused-ring (bicyclic) bond motifs is 1. The number of carbonyl (C=O) groups excluding carboxylic acids is 1. The van der Waals surface area contributed by atoms with Crippen molar-refractivity contribution in [3.05, 3.63) is 50.8 Å². The number of hydrogen-bond acceptors (Lipinski definition) is 5. The first-order chi connectivity index (χ1) is 10.5. The van der Waals surface area contributed by atoms with Crippen LogP contribution in [0.5, 0.6) is 0 Å². The van der Waals surface area contributed by atoms with Crippen LogP contribution < -0.4 is 5.56 Å². The molecule has 2 heterocycles. The molecule has 0 spiro atoms. The van der Waals surface area contributed by atoms with Crippen LogP contribution in [0.4, 0.5) is 4.39 Å². The smallest absolute Gasteiger partial charge is 0.277 e. The molecule has 0 atom stereocenters. The van der Waals surface area contributed by atoms with Crippen LogP contribution >= 0.6 is 24.0 Å². The predicted octanol–water partition coefficient (Wildman–Crippen LogP) is 2.42. The zero-order valence-electron chi connectivity index (χ0n) is 11.0. The van der Waals surface area contributed by atoms with Crippen LogP contribution in [0.15, 0.2) is 34.2 Å². The van der Waals surface area contributed by atoms with E-state index >= 15 is 0 Å². The number of rotatable bonds is 4. The lowest BCUT2D eigenvalue weighted by molar-refractivity contribution is 0.102. The first kappa shape index (κ1) is 14.7. The van der Waals surface area contributed by atoms with Gasteiger partial charge in [-0.3, -0.25) is 14.6 Å². The second-order valence-electron chi connectivity index (χ2n) is 4.39. The minimum Gasteiger partial charge on any atom is -0.327 e. The number of nitrogens with zero attached hydrogens (tertiary/aromatic N) is 1. The normalized spacial score (nSPS) is 11.0. The highest BCUT2D eigenvalue weighted by Gasteiger charge is 2.11. The Morgan fingerprint density at radius 2 is 1.95 bits per heavy atom. The number of hydrogen-bond donors (Lipinski definition) is 3. The van der Waals surface area contributed by atoms with Gasteiger partial charge in [-0.1, -0.05) is 11.8 Å². The van der Waals surface area contributed by atoms with Crippen molar-refractivity contribution in [1.29, 1.82) is 0 Å². The fraction of sp³-hybridized carbons (Fsp3) is 0.0769. The molecular weight excluding hydrogens is 327 g/mol. The molecule has 0 aliphatic carbocycles. The Morgan fingerprint density at radius 3 is 2.68 bits per heavy atom. The van der Waals surface area contributed by atoms with Gasteiger partial charge in [-0.25, -0.2) is 9.37 Å². The summed E-state index contributed by atoms with van der Waals surface area (Å²) >= 11 is 6.01. The molecular formula is C13H9FN4O2S2. The number of imidazole rings is 1. The summed E-state index contributed by atoms with van der Waals surface area (Å²) in [4.78, 5) is 35.9. The monoisotopic (exact) mass is 336 g/mol. The molecule has 0 aliphatic heterocycles. The summed E-state index contributed by atoms with van der Waals surface area (Å²) in [5.41, 5.74) is 0.654. The molecule has 112 valence electrons. The summed E-state index contributed by atoms with van der Waals surface area (Å²) in [6.45, 7) is 0. The Hall–Kier alpha value is -2.26. The van der Waals surface area contributed by atoms with Crippen molar-refractivity contribution in [2.24, 2.45) is 0 Å². The first-order valence-electron chi connectivity index (χ1n) is 6.17. The van der Waals surface area contributed by atoms with Gasteiger partial charge in [0.15, 0.2) is 21.4 Å². The maximum Gasteiger partial charge on any atom is 0.277 e. The zero-order valence-corrected chi connectivity index (χ0v) is 12.6. The Bertz CT molecular complexity index is 959. The van der Waals surface area contributed by atoms with Gasteiger partial charge in [-0.05, 0) is 36.5 Å². The van der Waals surface area contributed by atoms with Gasteiger partial charge in [0.2, 0.25) is 0 Å². The van der Waals surface area contributed by atoms with E-state index < -0.39 is 5.82 Å². The number of H-pyrrole nitrogens is 3. The quantitative estimate of drug-likeness (QED) is 0.386. The van der Waals surface area contributed by atoms with Gasteiger partial charge in [0.25, 0.3) is 5.56 Å². The minimum atomic E-state index is -0.393. The number of aromatic amines is 3. The molecule has 0 saturated carbocycles. The van der Waals surface area contributed by atoms with Crippen LogP contribution in [0.25, 0.3) is 11.2 Å². The lowest BCUT2D eigenvalue weighted by Gasteiger charge is -1.99. The summed E-state index contributed by atoms with van der Waals surface area (Å²) in [5, 5.41) is 0.424. The lowest BCUT2D eigenvalue weighted by atomic mass is 10.1. The minimum absolute atomic E-state index is 0.115. The second-order valence-corrected chi connectivity index (χ2v) is 5.76. The van der Waals surface area contributed by atoms with E-state index in [0.717, 1.165) is 11.8 Å². The van der Waals surface area contributed by atoms with Crippen LogP contribution in [-0.4, -0.2) is 31.5 Å². The van der Waals surface area contributed by atoms with Crippen molar-refractivity contribution < 1.29 is 9.18 Å². The molecule has 1 aromatic carbocycles. The summed E-state index contributed by atoms with van der Waals surface area (Å²) in [5.74, 6) is -0.437. The van der Waals surface area contributed by atoms with Gasteiger partial charge < -0.3 is 9.97 Å². The predicted molar refractivity (Wildman–Crippen MR) is 83.4 cm³/mol. The topological polar surface area (TPSA) is 94.4 Å². The number of aromatic nitrogens is 4. The van der Waals surface area contributed by atoms with Gasteiger partial charge in [0, 0.05) is 5.56 Å². The third-order valence-electron chi connectivity index (χ3n) is 2.87. The van der Waals surface area contributed by atoms with E-state index in [0.29, 0.717) is 16.4 Å². The Morgan fingerprint density at radius 1 is 1.23 bits per heavy atom. The van der Waals surface area contributed by atoms with Crippen LogP contribution in [0.2, 0.25) is 0 Å². The molecule has 0 aliphatic rings. The molecule has 3 rings (SSSR count). The Balaban J connectivity index is 1.78. The molecule has 0 unspecified atom stereocenters. The molecule has 22 heavy (non-hydrogen) atoms. The van der Waals surface area contributed by atoms with Gasteiger partial charge in [0.1, 0.15) is 11.3 Å². The van der Waals surface area contributed by atoms with Gasteiger partial charge >= 0.3 is 0 Å². The van der Waals surface area contributed by atoms with E-state index in [1.54, 1.807) is 0 Å². The maximum absolute atomic E-state index is 12.8. The zero-order chi connectivity index (χ0) is 15.7. The number of benzene rings is 1. The standard InChI is InChI=1S/C13H9FN4O2S2/c14-7-3-1-6(2-4-7)8(19)5-22-13-15-9-10(17-13)16-12(21)18-11(9)20/h1-4H,5H2,(H3,15,16,17,18,20,21). The average Bonchev–Trinajstić information content (AvgIpc) is 2.89. The first-order valence-corrected chi connectivity index (χ1v) is 7.56. The Kier molecular flexibility index (Phi) is 3.90. The summed E-state index contributed by atoms with van der Waals surface area (Å²) in [7, 11) is 0. The van der Waals surface area contributed by atoms with E-state index in [-0.39, 0.29) is 27.4 Å². The fourth-order valence-electron chi connectivity index (χ4n) is 1.83. The van der Waals surface area contributed by atoms with Crippen molar-refractivity contribution in [2.75, 3.05) is 5.75 Å². The molecule has 0 saturated heterocycles. The Labute approximate surface area is 132 Å². The molecule has 0 bridgehead atoms. The van der Waals surface area contributed by atoms with E-state index in [2.05, 4.69) is 19.9 Å². The van der Waals surface area contributed by atoms with Crippen LogP contribution in [0, 0.1) is 10.6 Å². The van der Waals surface area contributed by atoms with E-state index in [1.165, 1.54) is 24.3 Å². The van der Waals surface area contributed by atoms with Crippen LogP contribution in [-0.2, 0) is 0 Å². The summed E-state index contributed by atoms with van der Waals surface area (Å²) < 4.78 is 13.0. The van der Waals surface area contributed by atoms with Crippen molar-refractivity contribution in [2.45, 2.75) is 5.16 Å². The van der Waals surface area contributed by atoms with Gasteiger partial charge in [0.05, 0.1) is 5.75 Å². The number of nitrogens with one attached hydrogen (secondary N) is 3. The number of halogens is 1. The van der Waals surface area contributed by atoms with Crippen molar-refractivity contribution in [1.82, 2.24) is 19.9 Å². The van der Waals surface area contributed by atoms with Crippen LogP contribution in [0.1, 0.15) is 10.4 Å². The van der Waals surface area contributed by atoms with Crippen molar-refractivity contribution in [3.8, 4) is 0 Å². The van der Waals surface area contributed by atoms with E-state index in [4.69, 9.17) is 12.2 Å². The number of thioether (sulfide) groups is 1. The highest BCUT2D eigenvalue weighted by Crippen LogP contribution is 2.18. The molecule has 0 amide bonds. The molecule has 0 radical (unpaired) electrons. The molecule has 6 nitrogen and oxygen atoms in total. The van der Waals surface area contributed by atoms with Gasteiger partial charge in [-0.15, -0.1) is 0 Å². The highest BCUT2D eigenvalue weighted by atomic mass is 32.2. The fourth-order valence-corrected chi connectivity index (χ4v) is 2.79. The van der Waals surface area contributed by atoms with E-state index in [9.17, 15) is 14.0 Å². The third-order valence-corrected chi connectivity index (χ3v) is 3.95. The summed E-state index contributed by atoms with van der Waals surface area (Å²) in [6.07, 6.45) is 0.